The summed E-state index contributed by atoms with van der Waals surface area (Å²) < 4.78 is 9.97. The molecule has 2 heterocycles. The summed E-state index contributed by atoms with van der Waals surface area (Å²) in [6, 6.07) is 9.15. The van der Waals surface area contributed by atoms with Crippen LogP contribution in [-0.4, -0.2) is 43.3 Å². The molecule has 3 rings (SSSR count). The fourth-order valence-corrected chi connectivity index (χ4v) is 2.18. The van der Waals surface area contributed by atoms with Gasteiger partial charge in [0.05, 0.1) is 5.69 Å². The summed E-state index contributed by atoms with van der Waals surface area (Å²) in [5.41, 5.74) is 2.52. The topological polar surface area (TPSA) is 125 Å². The molecule has 0 fully saturated rings. The molecule has 0 aliphatic rings. The number of hydrogen-bond donors (Lipinski definition) is 1. The SMILES string of the molecule is Cc1ccc(-c2nnn(CC(=O)OC(C)C(=O)Nc3cc(C)no3)n2)cc1. The molecule has 0 radical (unpaired) electrons. The van der Waals surface area contributed by atoms with Crippen LogP contribution < -0.4 is 5.32 Å². The average molecular weight is 370 g/mol. The van der Waals surface area contributed by atoms with Crippen molar-refractivity contribution in [3.63, 3.8) is 0 Å². The van der Waals surface area contributed by atoms with Crippen LogP contribution in [0.25, 0.3) is 11.4 Å². The first-order valence-corrected chi connectivity index (χ1v) is 8.19. The van der Waals surface area contributed by atoms with Crippen LogP contribution in [0.3, 0.4) is 0 Å². The predicted molar refractivity (Wildman–Crippen MR) is 93.4 cm³/mol. The summed E-state index contributed by atoms with van der Waals surface area (Å²) in [7, 11) is 0. The highest BCUT2D eigenvalue weighted by molar-refractivity contribution is 5.93. The lowest BCUT2D eigenvalue weighted by atomic mass is 10.1. The minimum atomic E-state index is -1.03. The van der Waals surface area contributed by atoms with Crippen LogP contribution in [0.15, 0.2) is 34.9 Å². The number of tetrazole rings is 1. The van der Waals surface area contributed by atoms with Crippen LogP contribution in [0, 0.1) is 13.8 Å². The lowest BCUT2D eigenvalue weighted by Gasteiger charge is -2.11. The number of rotatable bonds is 6. The number of nitrogens with zero attached hydrogens (tertiary/aromatic N) is 5. The lowest BCUT2D eigenvalue weighted by Crippen LogP contribution is -2.31. The Morgan fingerprint density at radius 1 is 1.26 bits per heavy atom. The fourth-order valence-electron chi connectivity index (χ4n) is 2.18. The van der Waals surface area contributed by atoms with Gasteiger partial charge in [0.25, 0.3) is 5.91 Å². The van der Waals surface area contributed by atoms with Gasteiger partial charge in [-0.05, 0) is 26.0 Å². The third-order valence-electron chi connectivity index (χ3n) is 3.58. The highest BCUT2D eigenvalue weighted by atomic mass is 16.5. The van der Waals surface area contributed by atoms with Gasteiger partial charge < -0.3 is 9.26 Å². The molecular formula is C17H18N6O4. The molecule has 1 atom stereocenters. The number of carbonyl (C=O) groups is 2. The number of benzene rings is 1. The first-order chi connectivity index (χ1) is 12.9. The van der Waals surface area contributed by atoms with E-state index in [1.54, 1.807) is 13.0 Å². The molecule has 0 aliphatic carbocycles. The number of anilines is 1. The molecule has 0 aliphatic heterocycles. The Kier molecular flexibility index (Phi) is 5.25. The van der Waals surface area contributed by atoms with Gasteiger partial charge >= 0.3 is 5.97 Å². The number of carbonyl (C=O) groups excluding carboxylic acids is 2. The minimum absolute atomic E-state index is 0.182. The van der Waals surface area contributed by atoms with Crippen molar-refractivity contribution in [3.05, 3.63) is 41.6 Å². The molecule has 0 saturated carbocycles. The Morgan fingerprint density at radius 3 is 2.67 bits per heavy atom. The third-order valence-corrected chi connectivity index (χ3v) is 3.58. The number of ether oxygens (including phenoxy) is 1. The maximum absolute atomic E-state index is 12.0. The zero-order valence-corrected chi connectivity index (χ0v) is 15.0. The minimum Gasteiger partial charge on any atom is -0.451 e. The zero-order chi connectivity index (χ0) is 19.4. The maximum atomic E-state index is 12.0. The van der Waals surface area contributed by atoms with Gasteiger partial charge in [-0.2, -0.15) is 4.80 Å². The van der Waals surface area contributed by atoms with Crippen molar-refractivity contribution in [1.82, 2.24) is 25.4 Å². The Bertz CT molecular complexity index is 947. The smallest absolute Gasteiger partial charge is 0.330 e. The molecule has 10 heteroatoms. The van der Waals surface area contributed by atoms with E-state index in [9.17, 15) is 9.59 Å². The van der Waals surface area contributed by atoms with Gasteiger partial charge in [-0.3, -0.25) is 10.1 Å². The van der Waals surface area contributed by atoms with E-state index in [0.717, 1.165) is 15.9 Å². The van der Waals surface area contributed by atoms with Gasteiger partial charge in [-0.15, -0.1) is 10.2 Å². The lowest BCUT2D eigenvalue weighted by molar-refractivity contribution is -0.154. The molecule has 0 saturated heterocycles. The van der Waals surface area contributed by atoms with Crippen molar-refractivity contribution in [1.29, 1.82) is 0 Å². The highest BCUT2D eigenvalue weighted by Gasteiger charge is 2.20. The Labute approximate surface area is 154 Å². The van der Waals surface area contributed by atoms with E-state index < -0.39 is 18.0 Å². The Hall–Kier alpha value is -3.56. The maximum Gasteiger partial charge on any atom is 0.330 e. The molecule has 3 aromatic rings. The van der Waals surface area contributed by atoms with Crippen molar-refractivity contribution >= 4 is 17.8 Å². The predicted octanol–water partition coefficient (Wildman–Crippen LogP) is 1.52. The van der Waals surface area contributed by atoms with Gasteiger partial charge in [0, 0.05) is 11.6 Å². The van der Waals surface area contributed by atoms with Gasteiger partial charge in [0.1, 0.15) is 0 Å². The normalized spacial score (nSPS) is 11.8. The van der Waals surface area contributed by atoms with Crippen LogP contribution >= 0.6 is 0 Å². The third kappa shape index (κ3) is 4.75. The molecule has 1 N–H and O–H groups in total. The average Bonchev–Trinajstić information content (AvgIpc) is 3.24. The van der Waals surface area contributed by atoms with Crippen LogP contribution in [0.5, 0.6) is 0 Å². The molecule has 10 nitrogen and oxygen atoms in total. The summed E-state index contributed by atoms with van der Waals surface area (Å²) in [4.78, 5) is 25.1. The van der Waals surface area contributed by atoms with E-state index in [0.29, 0.717) is 11.5 Å². The summed E-state index contributed by atoms with van der Waals surface area (Å²) in [5.74, 6) is -0.624. The first kappa shape index (κ1) is 18.2. The summed E-state index contributed by atoms with van der Waals surface area (Å²) in [6.45, 7) is 4.88. The van der Waals surface area contributed by atoms with Gasteiger partial charge in [0.15, 0.2) is 12.6 Å². The largest absolute Gasteiger partial charge is 0.451 e. The highest BCUT2D eigenvalue weighted by Crippen LogP contribution is 2.14. The number of hydrogen-bond acceptors (Lipinski definition) is 8. The van der Waals surface area contributed by atoms with Crippen LogP contribution in [-0.2, 0) is 20.9 Å². The molecule has 1 aromatic carbocycles. The summed E-state index contributed by atoms with van der Waals surface area (Å²) >= 11 is 0. The summed E-state index contributed by atoms with van der Waals surface area (Å²) in [6.07, 6.45) is -1.03. The molecular weight excluding hydrogens is 352 g/mol. The Morgan fingerprint density at radius 2 is 2.00 bits per heavy atom. The molecule has 0 spiro atoms. The molecule has 27 heavy (non-hydrogen) atoms. The standard InChI is InChI=1S/C17H18N6O4/c1-10-4-6-13(7-5-10)16-19-22-23(20-16)9-15(24)26-12(3)17(25)18-14-8-11(2)21-27-14/h4-8,12H,9H2,1-3H3,(H,18,25). The fraction of sp³-hybridized carbons (Fsp3) is 0.294. The molecule has 2 aromatic heterocycles. The van der Waals surface area contributed by atoms with Crippen molar-refractivity contribution < 1.29 is 18.8 Å². The van der Waals surface area contributed by atoms with E-state index in [4.69, 9.17) is 9.26 Å². The number of aryl methyl sites for hydroxylation is 2. The van der Waals surface area contributed by atoms with Crippen LogP contribution in [0.4, 0.5) is 5.88 Å². The molecule has 1 amide bonds. The Balaban J connectivity index is 1.54. The van der Waals surface area contributed by atoms with E-state index in [1.165, 1.54) is 6.92 Å². The second-order valence-electron chi connectivity index (χ2n) is 5.96. The molecule has 0 bridgehead atoms. The van der Waals surface area contributed by atoms with E-state index in [2.05, 4.69) is 25.9 Å². The van der Waals surface area contributed by atoms with Gasteiger partial charge in [-0.1, -0.05) is 35.0 Å². The first-order valence-electron chi connectivity index (χ1n) is 8.19. The second kappa shape index (κ2) is 7.77. The summed E-state index contributed by atoms with van der Waals surface area (Å²) in [5, 5.41) is 18.0. The number of amides is 1. The van der Waals surface area contributed by atoms with Crippen molar-refractivity contribution in [2.45, 2.75) is 33.4 Å². The van der Waals surface area contributed by atoms with E-state index in [-0.39, 0.29) is 12.4 Å². The quantitative estimate of drug-likeness (QED) is 0.647. The van der Waals surface area contributed by atoms with Crippen LogP contribution in [0.1, 0.15) is 18.2 Å². The second-order valence-corrected chi connectivity index (χ2v) is 5.96. The van der Waals surface area contributed by atoms with Crippen molar-refractivity contribution in [2.24, 2.45) is 0 Å². The molecule has 140 valence electrons. The number of nitrogens with one attached hydrogen (secondary N) is 1. The monoisotopic (exact) mass is 370 g/mol. The van der Waals surface area contributed by atoms with Gasteiger partial charge in [0.2, 0.25) is 11.7 Å². The van der Waals surface area contributed by atoms with Crippen molar-refractivity contribution in [2.75, 3.05) is 5.32 Å². The van der Waals surface area contributed by atoms with Crippen LogP contribution in [0.2, 0.25) is 0 Å². The van der Waals surface area contributed by atoms with E-state index in [1.807, 2.05) is 31.2 Å². The van der Waals surface area contributed by atoms with E-state index >= 15 is 0 Å². The van der Waals surface area contributed by atoms with Crippen molar-refractivity contribution in [3.8, 4) is 11.4 Å². The van der Waals surface area contributed by atoms with Gasteiger partial charge in [-0.25, -0.2) is 4.79 Å². The molecule has 1 unspecified atom stereocenters. The number of esters is 1. The zero-order valence-electron chi connectivity index (χ0n) is 15.0. The number of aromatic nitrogens is 5.